The Kier molecular flexibility index (Phi) is 8.65. The van der Waals surface area contributed by atoms with Gasteiger partial charge in [-0.05, 0) is 32.0 Å². The lowest BCUT2D eigenvalue weighted by Crippen LogP contribution is -2.21. The number of aliphatic hydroxyl groups excluding tert-OH is 1. The lowest BCUT2D eigenvalue weighted by molar-refractivity contribution is 0.318. The summed E-state index contributed by atoms with van der Waals surface area (Å²) >= 11 is 0. The molecule has 2 heterocycles. The summed E-state index contributed by atoms with van der Waals surface area (Å²) in [5.74, 6) is 1.80. The monoisotopic (exact) mass is 494 g/mol. The maximum atomic E-state index is 9.98. The van der Waals surface area contributed by atoms with Crippen LogP contribution < -0.4 is 29.4 Å². The molecular formula is C26H30N4O6. The van der Waals surface area contributed by atoms with E-state index in [1.807, 2.05) is 31.2 Å². The van der Waals surface area contributed by atoms with Crippen molar-refractivity contribution in [2.24, 2.45) is 5.73 Å². The van der Waals surface area contributed by atoms with Gasteiger partial charge in [0.15, 0.2) is 11.5 Å². The molecule has 1 aliphatic rings. The van der Waals surface area contributed by atoms with Gasteiger partial charge in [-0.2, -0.15) is 5.26 Å². The molecule has 1 unspecified atom stereocenters. The van der Waals surface area contributed by atoms with Crippen molar-refractivity contribution in [1.82, 2.24) is 10.2 Å². The zero-order valence-electron chi connectivity index (χ0n) is 20.9. The Balaban J connectivity index is 0.00000115. The average Bonchev–Trinajstić information content (AvgIpc) is 3.31. The first-order valence-electron chi connectivity index (χ1n) is 11.3. The van der Waals surface area contributed by atoms with Crippen LogP contribution in [0.3, 0.4) is 0 Å². The molecular weight excluding hydrogens is 464 g/mol. The van der Waals surface area contributed by atoms with Gasteiger partial charge >= 0.3 is 0 Å². The molecule has 0 saturated heterocycles. The number of aromatic amines is 1. The van der Waals surface area contributed by atoms with Crippen LogP contribution in [-0.2, 0) is 0 Å². The van der Waals surface area contributed by atoms with Gasteiger partial charge in [0.25, 0.3) is 0 Å². The number of nitriles is 1. The minimum atomic E-state index is -0.561. The summed E-state index contributed by atoms with van der Waals surface area (Å²) < 4.78 is 28.0. The first-order valence-corrected chi connectivity index (χ1v) is 11.3. The summed E-state index contributed by atoms with van der Waals surface area (Å²) in [7, 11) is 4.63. The van der Waals surface area contributed by atoms with Crippen LogP contribution in [0.2, 0.25) is 0 Å². The number of nitrogens with one attached hydrogen (secondary N) is 1. The van der Waals surface area contributed by atoms with Crippen molar-refractivity contribution in [1.29, 1.82) is 5.26 Å². The number of aliphatic hydroxyl groups is 1. The molecule has 1 atom stereocenters. The van der Waals surface area contributed by atoms with E-state index in [0.29, 0.717) is 46.4 Å². The van der Waals surface area contributed by atoms with Crippen LogP contribution in [0, 0.1) is 11.3 Å². The quantitative estimate of drug-likeness (QED) is 0.447. The molecule has 1 aromatic heterocycles. The van der Waals surface area contributed by atoms with E-state index in [0.717, 1.165) is 5.56 Å². The van der Waals surface area contributed by atoms with Crippen LogP contribution in [0.15, 0.2) is 47.9 Å². The fourth-order valence-corrected chi connectivity index (χ4v) is 4.01. The molecule has 10 nitrogen and oxygen atoms in total. The normalized spacial score (nSPS) is 14.0. The molecule has 0 saturated carbocycles. The highest BCUT2D eigenvalue weighted by atomic mass is 16.5. The van der Waals surface area contributed by atoms with Crippen molar-refractivity contribution in [2.45, 2.75) is 19.8 Å². The van der Waals surface area contributed by atoms with E-state index in [4.69, 9.17) is 34.5 Å². The molecule has 36 heavy (non-hydrogen) atoms. The number of fused-ring (bicyclic) bond motifs is 1. The number of aromatic nitrogens is 2. The van der Waals surface area contributed by atoms with Gasteiger partial charge < -0.3 is 34.5 Å². The van der Waals surface area contributed by atoms with Gasteiger partial charge in [-0.25, -0.2) is 0 Å². The number of hydrogen-bond acceptors (Lipinski definition) is 9. The summed E-state index contributed by atoms with van der Waals surface area (Å²) in [6.07, 6.45) is 0. The molecule has 0 spiro atoms. The summed E-state index contributed by atoms with van der Waals surface area (Å²) in [5.41, 5.74) is 9.15. The lowest BCUT2D eigenvalue weighted by atomic mass is 9.82. The van der Waals surface area contributed by atoms with Crippen molar-refractivity contribution in [3.63, 3.8) is 0 Å². The largest absolute Gasteiger partial charge is 0.494 e. The number of nitrogens with two attached hydrogens (primary N) is 1. The third kappa shape index (κ3) is 4.87. The van der Waals surface area contributed by atoms with Crippen LogP contribution >= 0.6 is 0 Å². The molecule has 3 aromatic rings. The Morgan fingerprint density at radius 3 is 2.28 bits per heavy atom. The first kappa shape index (κ1) is 26.2. The van der Waals surface area contributed by atoms with Crippen LogP contribution in [0.1, 0.15) is 30.9 Å². The number of para-hydroxylation sites is 1. The fraction of sp³-hybridized carbons (Fsp3) is 0.308. The van der Waals surface area contributed by atoms with E-state index in [1.165, 1.54) is 0 Å². The van der Waals surface area contributed by atoms with Gasteiger partial charge in [-0.1, -0.05) is 18.2 Å². The van der Waals surface area contributed by atoms with Crippen molar-refractivity contribution in [3.05, 3.63) is 59.0 Å². The number of methoxy groups -OCH3 is 3. The zero-order chi connectivity index (χ0) is 26.2. The molecule has 4 rings (SSSR count). The summed E-state index contributed by atoms with van der Waals surface area (Å²) in [5, 5.41) is 24.9. The Labute approximate surface area is 209 Å². The molecule has 0 amide bonds. The van der Waals surface area contributed by atoms with E-state index < -0.39 is 5.92 Å². The molecule has 0 fully saturated rings. The van der Waals surface area contributed by atoms with E-state index in [9.17, 15) is 5.26 Å². The number of benzene rings is 2. The summed E-state index contributed by atoms with van der Waals surface area (Å²) in [6, 6.07) is 13.3. The number of hydrogen-bond donors (Lipinski definition) is 3. The fourth-order valence-electron chi connectivity index (χ4n) is 4.01. The molecule has 4 N–H and O–H groups in total. The summed E-state index contributed by atoms with van der Waals surface area (Å²) in [4.78, 5) is 0. The van der Waals surface area contributed by atoms with Gasteiger partial charge in [0.2, 0.25) is 17.5 Å². The van der Waals surface area contributed by atoms with Crippen molar-refractivity contribution in [2.75, 3.05) is 34.5 Å². The maximum absolute atomic E-state index is 9.98. The SMILES string of the molecule is CCO.CCOc1ccccc1C1C(C#N)=C(N)Oc2n[nH]c(-c3cc(OC)c(OC)c(OC)c3)c21. The second kappa shape index (κ2) is 11.9. The summed E-state index contributed by atoms with van der Waals surface area (Å²) in [6.45, 7) is 4.31. The van der Waals surface area contributed by atoms with Gasteiger partial charge in [-0.15, -0.1) is 5.10 Å². The third-order valence-corrected chi connectivity index (χ3v) is 5.42. The molecule has 0 aliphatic carbocycles. The number of ether oxygens (including phenoxy) is 5. The van der Waals surface area contributed by atoms with E-state index in [2.05, 4.69) is 16.3 Å². The predicted molar refractivity (Wildman–Crippen MR) is 133 cm³/mol. The van der Waals surface area contributed by atoms with Crippen molar-refractivity contribution in [3.8, 4) is 46.2 Å². The van der Waals surface area contributed by atoms with Crippen LogP contribution in [0.5, 0.6) is 28.9 Å². The lowest BCUT2D eigenvalue weighted by Gasteiger charge is -2.25. The second-order valence-corrected chi connectivity index (χ2v) is 7.44. The second-order valence-electron chi connectivity index (χ2n) is 7.44. The van der Waals surface area contributed by atoms with Crippen molar-refractivity contribution < 1.29 is 28.8 Å². The van der Waals surface area contributed by atoms with Gasteiger partial charge in [-0.3, -0.25) is 5.10 Å². The van der Waals surface area contributed by atoms with Crippen LogP contribution in [0.4, 0.5) is 0 Å². The van der Waals surface area contributed by atoms with Crippen molar-refractivity contribution >= 4 is 0 Å². The number of rotatable bonds is 7. The molecule has 10 heteroatoms. The first-order chi connectivity index (χ1) is 17.5. The van der Waals surface area contributed by atoms with Gasteiger partial charge in [0, 0.05) is 17.7 Å². The van der Waals surface area contributed by atoms with Gasteiger partial charge in [0.05, 0.1) is 45.1 Å². The predicted octanol–water partition coefficient (Wildman–Crippen LogP) is 3.72. The molecule has 190 valence electrons. The van der Waals surface area contributed by atoms with E-state index in [-0.39, 0.29) is 23.9 Å². The molecule has 0 radical (unpaired) electrons. The topological polar surface area (TPSA) is 145 Å². The highest BCUT2D eigenvalue weighted by Crippen LogP contribution is 2.49. The zero-order valence-corrected chi connectivity index (χ0v) is 20.9. The molecule has 0 bridgehead atoms. The number of H-pyrrole nitrogens is 1. The minimum absolute atomic E-state index is 0.00393. The highest BCUT2D eigenvalue weighted by Gasteiger charge is 2.37. The Hall–Kier alpha value is -4.36. The van der Waals surface area contributed by atoms with E-state index >= 15 is 0 Å². The minimum Gasteiger partial charge on any atom is -0.494 e. The number of allylic oxidation sites excluding steroid dienone is 1. The van der Waals surface area contributed by atoms with Gasteiger partial charge in [0.1, 0.15) is 17.4 Å². The van der Waals surface area contributed by atoms with Crippen LogP contribution in [0.25, 0.3) is 11.3 Å². The Morgan fingerprint density at radius 1 is 1.08 bits per heavy atom. The standard InChI is InChI=1S/C24H24N4O5.C2H6O/c1-5-32-16-9-7-6-8-14(16)19-15(12-25)23(26)33-24-20(19)21(27-28-24)13-10-17(29-2)22(31-4)18(11-13)30-3;1-2-3/h6-11,19H,5,26H2,1-4H3,(H,27,28);3H,2H2,1H3. The average molecular weight is 495 g/mol. The van der Waals surface area contributed by atoms with Crippen LogP contribution in [-0.4, -0.2) is 49.8 Å². The van der Waals surface area contributed by atoms with E-state index in [1.54, 1.807) is 40.4 Å². The highest BCUT2D eigenvalue weighted by molar-refractivity contribution is 5.75. The third-order valence-electron chi connectivity index (χ3n) is 5.42. The molecule has 1 aliphatic heterocycles. The smallest absolute Gasteiger partial charge is 0.244 e. The Morgan fingerprint density at radius 2 is 1.72 bits per heavy atom. The Bertz CT molecular complexity index is 1250. The number of nitrogens with zero attached hydrogens (tertiary/aromatic N) is 2. The maximum Gasteiger partial charge on any atom is 0.244 e. The molecule has 2 aromatic carbocycles.